The first-order valence-electron chi connectivity index (χ1n) is 17.3. The van der Waals surface area contributed by atoms with Crippen LogP contribution in [0.3, 0.4) is 0 Å². The summed E-state index contributed by atoms with van der Waals surface area (Å²) in [6.45, 7) is 2.34. The monoisotopic (exact) mass is 2010 g/mol. The van der Waals surface area contributed by atoms with Crippen molar-refractivity contribution in [2.45, 2.75) is 71.1 Å². The molecule has 1 aromatic carbocycles. The van der Waals surface area contributed by atoms with Crippen molar-refractivity contribution in [3.63, 3.8) is 0 Å². The molecule has 0 spiro atoms. The van der Waals surface area contributed by atoms with Gasteiger partial charge < -0.3 is 14.6 Å². The standard InChI is InChI=1S/C13H17BrO3.C8H15BrO.S47/c14-11-6-5-7-12(10-11)17-9-4-2-1-3-8-13(15)16;1-8(10)6-4-2-3-5-7-9;1-3-5-7-9-11-13-15-17-19-21-23-25-27-29-31-33-35-37-39-41-43-45-47-46-44-42-40-38-36-34-32-30-28-26-24-22-20-18-16-14-12-10-8-6-4-2/h5-7,10H,1-4,8-9H2,(H,15,16);2-7H2,1H3;. The molecular formula is C21H32Br2O4S47. The van der Waals surface area contributed by atoms with Crippen LogP contribution in [0.4, 0.5) is 0 Å². The van der Waals surface area contributed by atoms with E-state index in [0.717, 1.165) is 54.1 Å². The second-order valence-corrected chi connectivity index (χ2v) is 90.8. The van der Waals surface area contributed by atoms with Crippen LogP contribution in [0, 0.1) is 0 Å². The lowest BCUT2D eigenvalue weighted by molar-refractivity contribution is -0.137. The first-order valence-corrected chi connectivity index (χ1v) is 80.5. The van der Waals surface area contributed by atoms with Gasteiger partial charge in [0.25, 0.3) is 0 Å². The highest BCUT2D eigenvalue weighted by atomic mass is 79.9. The highest BCUT2D eigenvalue weighted by molar-refractivity contribution is 9.10. The second kappa shape index (κ2) is 78.6. The zero-order chi connectivity index (χ0) is 54.2. The molecule has 1 N–H and O–H groups in total. The van der Waals surface area contributed by atoms with Crippen LogP contribution in [0.5, 0.6) is 5.75 Å². The smallest absolute Gasteiger partial charge is 0.303 e. The van der Waals surface area contributed by atoms with Gasteiger partial charge in [0.1, 0.15) is 11.5 Å². The van der Waals surface area contributed by atoms with Gasteiger partial charge in [-0.25, -0.2) is 0 Å². The van der Waals surface area contributed by atoms with E-state index >= 15 is 0 Å². The first kappa shape index (κ1) is 85.5. The SMILES string of the molecule is CC(=O)CCCCCCBr.O=C(O)CCCCCCOc1cccc(Br)c1.S=S=S=S=S=S=S=S=S=S=S=S=S=S=S=S=S=S=S=S=S=S=S=S=S=S=S=S=S=S=S=S=S=S=S=S=S=S=S=S=S=S=S=S=S=S=S. The molecule has 53 heteroatoms. The Hall–Kier alpha value is 9.46. The largest absolute Gasteiger partial charge is 0.494 e. The van der Waals surface area contributed by atoms with Crippen LogP contribution < -0.4 is 4.74 Å². The fourth-order valence-electron chi connectivity index (χ4n) is 2.79. The van der Waals surface area contributed by atoms with E-state index in [-0.39, 0.29) is 6.42 Å². The molecule has 1 rings (SSSR count). The van der Waals surface area contributed by atoms with Crippen molar-refractivity contribution >= 4 is 466 Å². The minimum atomic E-state index is -0.713. The summed E-state index contributed by atoms with van der Waals surface area (Å²) in [6.07, 6.45) is 9.48. The summed E-state index contributed by atoms with van der Waals surface area (Å²) in [6, 6.07) is 7.75. The Bertz CT molecular complexity index is 3900. The average molecular weight is 2020 g/mol. The predicted molar refractivity (Wildman–Crippen MR) is 464 cm³/mol. The van der Waals surface area contributed by atoms with Gasteiger partial charge in [-0.3, -0.25) is 4.79 Å². The van der Waals surface area contributed by atoms with Gasteiger partial charge in [-0.1, -0.05) is 63.6 Å². The number of rotatable bonds is 14. The van der Waals surface area contributed by atoms with Crippen molar-refractivity contribution < 1.29 is 19.4 Å². The van der Waals surface area contributed by atoms with Crippen LogP contribution in [0.2, 0.25) is 0 Å². The molecule has 0 aliphatic rings. The van der Waals surface area contributed by atoms with Gasteiger partial charge in [0.15, 0.2) is 0 Å². The zero-order valence-electron chi connectivity index (χ0n) is 35.4. The van der Waals surface area contributed by atoms with Crippen molar-refractivity contribution in [3.8, 4) is 5.75 Å². The number of hydrogen-bond donors (Lipinski definition) is 1. The number of unbranched alkanes of at least 4 members (excludes halogenated alkanes) is 6. The zero-order valence-corrected chi connectivity index (χ0v) is 77.0. The van der Waals surface area contributed by atoms with Crippen LogP contribution in [-0.2, 0) is 432 Å². The summed E-state index contributed by atoms with van der Waals surface area (Å²) >= 11 is 16.4. The fraction of sp³-hybridized carbons (Fsp3) is 0.619. The van der Waals surface area contributed by atoms with Gasteiger partial charge in [0.2, 0.25) is 0 Å². The number of hydrogen-bond acceptors (Lipinski definition) is 5. The van der Waals surface area contributed by atoms with E-state index in [1.54, 1.807) is 113 Å². The maximum atomic E-state index is 10.5. The molecule has 0 fully saturated rings. The number of carboxylic acid groups (broad SMARTS) is 1. The minimum Gasteiger partial charge on any atom is -0.494 e. The molecule has 0 heterocycles. The molecule has 0 atom stereocenters. The molecular weight excluding hydrogens is 1980 g/mol. The fourth-order valence-corrected chi connectivity index (χ4v) is 122. The Labute approximate surface area is 588 Å². The van der Waals surface area contributed by atoms with Crippen LogP contribution in [0.1, 0.15) is 71.1 Å². The van der Waals surface area contributed by atoms with E-state index in [1.807, 2.05) is 300 Å². The Balaban J connectivity index is 0. The number of Topliss-reactive ketones (excluding diaryl/α,β-unsaturated/α-hetero) is 1. The summed E-state index contributed by atoms with van der Waals surface area (Å²) in [5.41, 5.74) is 0. The van der Waals surface area contributed by atoms with Gasteiger partial charge in [-0.05, 0) is 50.8 Å². The van der Waals surface area contributed by atoms with Crippen molar-refractivity contribution in [2.24, 2.45) is 0 Å². The topological polar surface area (TPSA) is 63.6 Å². The molecule has 0 saturated heterocycles. The molecule has 0 aliphatic heterocycles. The number of carbonyl (C=O) groups is 2. The molecule has 4 nitrogen and oxygen atoms in total. The van der Waals surface area contributed by atoms with Crippen LogP contribution in [0.15, 0.2) is 28.7 Å². The number of aliphatic carboxylic acids is 1. The normalized spacial score (nSPS) is 8.58. The van der Waals surface area contributed by atoms with E-state index in [0.29, 0.717) is 12.4 Å². The van der Waals surface area contributed by atoms with E-state index < -0.39 is 5.97 Å². The third kappa shape index (κ3) is 81.5. The summed E-state index contributed by atoms with van der Waals surface area (Å²) in [7, 11) is 80.2. The summed E-state index contributed by atoms with van der Waals surface area (Å²) in [5.74, 6) is 0.471. The van der Waals surface area contributed by atoms with Crippen LogP contribution in [-0.4, -0.2) is 28.8 Å². The predicted octanol–water partition coefficient (Wildman–Crippen LogP) is 6.67. The molecule has 0 aliphatic carbocycles. The number of halogens is 2. The lowest BCUT2D eigenvalue weighted by atomic mass is 10.1. The Morgan fingerprint density at radius 1 is 0.419 bits per heavy atom. The number of carboxylic acids is 1. The number of alkyl halides is 1. The third-order valence-corrected chi connectivity index (χ3v) is 104. The first-order chi connectivity index (χ1) is 36.4. The number of ketones is 1. The van der Waals surface area contributed by atoms with Crippen molar-refractivity contribution in [1.29, 1.82) is 0 Å². The Morgan fingerprint density at radius 2 is 0.689 bits per heavy atom. The van der Waals surface area contributed by atoms with Gasteiger partial charge in [0.05, 0.1) is 6.61 Å². The van der Waals surface area contributed by atoms with Gasteiger partial charge in [0, 0.05) is 445 Å². The molecule has 0 saturated carbocycles. The lowest BCUT2D eigenvalue weighted by Crippen LogP contribution is -1.98. The highest BCUT2D eigenvalue weighted by Gasteiger charge is 1.98. The molecule has 74 heavy (non-hydrogen) atoms. The average Bonchev–Trinajstić information content (AvgIpc) is 3.39. The van der Waals surface area contributed by atoms with Gasteiger partial charge >= 0.3 is 5.97 Å². The highest BCUT2D eigenvalue weighted by Crippen LogP contribution is 2.18. The quantitative estimate of drug-likeness (QED) is 0.166. The summed E-state index contributed by atoms with van der Waals surface area (Å²) < 4.78 is 6.58. The lowest BCUT2D eigenvalue weighted by Gasteiger charge is -2.06. The second-order valence-electron chi connectivity index (χ2n) is 9.48. The van der Waals surface area contributed by atoms with Gasteiger partial charge in [-0.2, -0.15) is 0 Å². The Morgan fingerprint density at radius 3 is 0.946 bits per heavy atom. The van der Waals surface area contributed by atoms with E-state index in [2.05, 4.69) is 31.9 Å². The number of carbonyl (C=O) groups excluding carboxylic acids is 1. The number of benzene rings is 1. The van der Waals surface area contributed by atoms with E-state index in [9.17, 15) is 9.59 Å². The minimum absolute atomic E-state index is 0.270. The molecule has 436 valence electrons. The summed E-state index contributed by atoms with van der Waals surface area (Å²) in [5, 5.41) is 9.55. The summed E-state index contributed by atoms with van der Waals surface area (Å²) in [4.78, 5) is 20.7. The maximum absolute atomic E-state index is 10.5. The molecule has 0 radical (unpaired) electrons. The molecule has 0 aromatic heterocycles. The van der Waals surface area contributed by atoms with Crippen molar-refractivity contribution in [1.82, 2.24) is 0 Å². The van der Waals surface area contributed by atoms with Crippen LogP contribution >= 0.6 is 31.9 Å². The molecule has 0 amide bonds. The number of ether oxygens (including phenoxy) is 1. The van der Waals surface area contributed by atoms with Crippen LogP contribution in [0.25, 0.3) is 0 Å². The molecule has 0 bridgehead atoms. The van der Waals surface area contributed by atoms with E-state index in [1.165, 1.54) is 37.0 Å². The molecule has 0 unspecified atom stereocenters. The Kier molecular flexibility index (Phi) is 90.8. The van der Waals surface area contributed by atoms with Crippen molar-refractivity contribution in [2.75, 3.05) is 11.9 Å². The maximum Gasteiger partial charge on any atom is 0.303 e. The van der Waals surface area contributed by atoms with Crippen molar-refractivity contribution in [3.05, 3.63) is 28.7 Å². The van der Waals surface area contributed by atoms with Gasteiger partial charge in [-0.15, -0.1) is 0 Å². The third-order valence-electron chi connectivity index (χ3n) is 4.98. The molecule has 1 aromatic rings. The van der Waals surface area contributed by atoms with E-state index in [4.69, 9.17) is 32.2 Å².